The second-order valence-corrected chi connectivity index (χ2v) is 7.94. The van der Waals surface area contributed by atoms with Gasteiger partial charge in [0.2, 0.25) is 5.91 Å². The van der Waals surface area contributed by atoms with E-state index in [1.807, 2.05) is 56.3 Å². The number of hydrogen-bond donors (Lipinski definition) is 1. The Labute approximate surface area is 132 Å². The van der Waals surface area contributed by atoms with Crippen molar-refractivity contribution in [2.75, 3.05) is 5.32 Å². The molecule has 0 saturated carbocycles. The molecule has 0 unspecified atom stereocenters. The lowest BCUT2D eigenvalue weighted by Gasteiger charge is -2.17. The first-order valence-corrected chi connectivity index (χ1v) is 7.90. The summed E-state index contributed by atoms with van der Waals surface area (Å²) in [6, 6.07) is 17.9. The fraction of sp³-hybridized carbons (Fsp3) is 0.188. The van der Waals surface area contributed by atoms with Gasteiger partial charge in [0, 0.05) is 9.79 Å². The molecule has 0 radical (unpaired) electrons. The van der Waals surface area contributed by atoms with E-state index in [-0.39, 0.29) is 5.91 Å². The van der Waals surface area contributed by atoms with Crippen molar-refractivity contribution in [1.82, 2.24) is 0 Å². The van der Waals surface area contributed by atoms with Crippen LogP contribution in [0.15, 0.2) is 64.4 Å². The molecule has 0 fully saturated rings. The van der Waals surface area contributed by atoms with Crippen LogP contribution in [0.5, 0.6) is 0 Å². The molecule has 0 bridgehead atoms. The molecule has 0 aliphatic rings. The quantitative estimate of drug-likeness (QED) is 0.791. The van der Waals surface area contributed by atoms with E-state index in [4.69, 9.17) is 0 Å². The summed E-state index contributed by atoms with van der Waals surface area (Å²) in [5.41, 5.74) is 0.832. The van der Waals surface area contributed by atoms with Gasteiger partial charge in [-0.15, -0.1) is 0 Å². The molecule has 2 rings (SSSR count). The van der Waals surface area contributed by atoms with Crippen molar-refractivity contribution in [3.05, 3.63) is 54.6 Å². The van der Waals surface area contributed by atoms with Gasteiger partial charge in [0.1, 0.15) is 0 Å². The van der Waals surface area contributed by atoms with Crippen LogP contribution in [0.4, 0.5) is 5.69 Å². The molecule has 1 N–H and O–H groups in total. The standard InChI is InChI=1S/C16H16BrNOS/c1-16(2,17)15(19)18-13-10-6-7-11-14(13)20-12-8-4-3-5-9-12/h3-11H,1-2H3,(H,18,19). The zero-order chi connectivity index (χ0) is 14.6. The van der Waals surface area contributed by atoms with Crippen molar-refractivity contribution < 1.29 is 4.79 Å². The molecule has 1 amide bonds. The Morgan fingerprint density at radius 1 is 1.05 bits per heavy atom. The van der Waals surface area contributed by atoms with Crippen LogP contribution in [0.2, 0.25) is 0 Å². The number of halogens is 1. The predicted molar refractivity (Wildman–Crippen MR) is 88.6 cm³/mol. The Balaban J connectivity index is 2.21. The number of nitrogens with one attached hydrogen (secondary N) is 1. The highest BCUT2D eigenvalue weighted by molar-refractivity contribution is 9.10. The Hall–Kier alpha value is -1.26. The van der Waals surface area contributed by atoms with Gasteiger partial charge >= 0.3 is 0 Å². The van der Waals surface area contributed by atoms with Crippen LogP contribution >= 0.6 is 27.7 Å². The predicted octanol–water partition coefficient (Wildman–Crippen LogP) is 4.95. The molecule has 2 aromatic carbocycles. The van der Waals surface area contributed by atoms with Gasteiger partial charge in [0.05, 0.1) is 10.0 Å². The molecule has 0 aliphatic carbocycles. The molecule has 0 aromatic heterocycles. The van der Waals surface area contributed by atoms with Crippen molar-refractivity contribution in [3.8, 4) is 0 Å². The smallest absolute Gasteiger partial charge is 0.240 e. The average Bonchev–Trinajstić information content (AvgIpc) is 2.41. The van der Waals surface area contributed by atoms with Crippen LogP contribution in [0.1, 0.15) is 13.8 Å². The first-order valence-electron chi connectivity index (χ1n) is 6.29. The summed E-state index contributed by atoms with van der Waals surface area (Å²) in [6.45, 7) is 3.66. The van der Waals surface area contributed by atoms with E-state index in [1.54, 1.807) is 11.8 Å². The minimum Gasteiger partial charge on any atom is -0.324 e. The minimum absolute atomic E-state index is 0.0568. The Morgan fingerprint density at radius 3 is 2.30 bits per heavy atom. The number of hydrogen-bond acceptors (Lipinski definition) is 2. The number of carbonyl (C=O) groups is 1. The molecule has 2 aromatic rings. The Bertz CT molecular complexity index is 593. The maximum Gasteiger partial charge on any atom is 0.240 e. The second kappa shape index (κ2) is 6.46. The number of anilines is 1. The highest BCUT2D eigenvalue weighted by atomic mass is 79.9. The summed E-state index contributed by atoms with van der Waals surface area (Å²) >= 11 is 5.01. The van der Waals surface area contributed by atoms with Crippen LogP contribution in [0, 0.1) is 0 Å². The SMILES string of the molecule is CC(C)(Br)C(=O)Nc1ccccc1Sc1ccccc1. The van der Waals surface area contributed by atoms with Crippen molar-refractivity contribution in [2.24, 2.45) is 0 Å². The molecule has 104 valence electrons. The van der Waals surface area contributed by atoms with Gasteiger partial charge in [-0.2, -0.15) is 0 Å². The zero-order valence-electron chi connectivity index (χ0n) is 11.4. The van der Waals surface area contributed by atoms with Gasteiger partial charge in [-0.25, -0.2) is 0 Å². The first-order chi connectivity index (χ1) is 9.47. The lowest BCUT2D eigenvalue weighted by Crippen LogP contribution is -2.31. The molecule has 0 saturated heterocycles. The van der Waals surface area contributed by atoms with E-state index < -0.39 is 4.32 Å². The summed E-state index contributed by atoms with van der Waals surface area (Å²) in [4.78, 5) is 14.2. The minimum atomic E-state index is -0.586. The lowest BCUT2D eigenvalue weighted by atomic mass is 10.2. The largest absolute Gasteiger partial charge is 0.324 e. The topological polar surface area (TPSA) is 29.1 Å². The van der Waals surface area contributed by atoms with Crippen LogP contribution in [-0.4, -0.2) is 10.2 Å². The molecule has 0 heterocycles. The van der Waals surface area contributed by atoms with Crippen molar-refractivity contribution in [3.63, 3.8) is 0 Å². The fourth-order valence-corrected chi connectivity index (χ4v) is 2.57. The molecule has 0 aliphatic heterocycles. The summed E-state index contributed by atoms with van der Waals surface area (Å²) < 4.78 is -0.586. The zero-order valence-corrected chi connectivity index (χ0v) is 13.8. The van der Waals surface area contributed by atoms with Crippen molar-refractivity contribution in [2.45, 2.75) is 28.0 Å². The molecule has 4 heteroatoms. The van der Waals surface area contributed by atoms with Gasteiger partial charge < -0.3 is 5.32 Å². The number of para-hydroxylation sites is 1. The van der Waals surface area contributed by atoms with E-state index in [2.05, 4.69) is 33.4 Å². The van der Waals surface area contributed by atoms with Crippen molar-refractivity contribution >= 4 is 39.3 Å². The summed E-state index contributed by atoms with van der Waals surface area (Å²) in [5.74, 6) is -0.0568. The number of amides is 1. The van der Waals surface area contributed by atoms with Crippen LogP contribution in [-0.2, 0) is 4.79 Å². The normalized spacial score (nSPS) is 11.2. The van der Waals surface area contributed by atoms with Crippen LogP contribution < -0.4 is 5.32 Å². The first kappa shape index (κ1) is 15.1. The van der Waals surface area contributed by atoms with E-state index >= 15 is 0 Å². The molecular formula is C16H16BrNOS. The molecule has 20 heavy (non-hydrogen) atoms. The third-order valence-corrected chi connectivity index (χ3v) is 4.09. The summed E-state index contributed by atoms with van der Waals surface area (Å²) in [7, 11) is 0. The lowest BCUT2D eigenvalue weighted by molar-refractivity contribution is -0.117. The fourth-order valence-electron chi connectivity index (χ4n) is 1.55. The number of rotatable bonds is 4. The molecule has 2 nitrogen and oxygen atoms in total. The maximum atomic E-state index is 12.1. The Morgan fingerprint density at radius 2 is 1.65 bits per heavy atom. The number of carbonyl (C=O) groups excluding carboxylic acids is 1. The number of benzene rings is 2. The highest BCUT2D eigenvalue weighted by Gasteiger charge is 2.24. The van der Waals surface area contributed by atoms with Gasteiger partial charge in [-0.1, -0.05) is 58.0 Å². The van der Waals surface area contributed by atoms with Crippen molar-refractivity contribution in [1.29, 1.82) is 0 Å². The van der Waals surface area contributed by atoms with E-state index in [0.29, 0.717) is 0 Å². The van der Waals surface area contributed by atoms with E-state index in [9.17, 15) is 4.79 Å². The maximum absolute atomic E-state index is 12.1. The van der Waals surface area contributed by atoms with Gasteiger partial charge in [-0.05, 0) is 38.1 Å². The van der Waals surface area contributed by atoms with E-state index in [1.165, 1.54) is 0 Å². The third kappa shape index (κ3) is 4.12. The Kier molecular flexibility index (Phi) is 4.89. The monoisotopic (exact) mass is 349 g/mol. The summed E-state index contributed by atoms with van der Waals surface area (Å²) in [5, 5.41) is 2.96. The van der Waals surface area contributed by atoms with Crippen LogP contribution in [0.25, 0.3) is 0 Å². The second-order valence-electron chi connectivity index (χ2n) is 4.84. The van der Waals surface area contributed by atoms with E-state index in [0.717, 1.165) is 15.5 Å². The van der Waals surface area contributed by atoms with Gasteiger partial charge in [0.15, 0.2) is 0 Å². The molecule has 0 atom stereocenters. The third-order valence-electron chi connectivity index (χ3n) is 2.65. The average molecular weight is 350 g/mol. The summed E-state index contributed by atoms with van der Waals surface area (Å²) in [6.07, 6.45) is 0. The van der Waals surface area contributed by atoms with Gasteiger partial charge in [0.25, 0.3) is 0 Å². The molecular weight excluding hydrogens is 334 g/mol. The van der Waals surface area contributed by atoms with Gasteiger partial charge in [-0.3, -0.25) is 4.79 Å². The molecule has 0 spiro atoms. The van der Waals surface area contributed by atoms with Crippen LogP contribution in [0.3, 0.4) is 0 Å². The number of alkyl halides is 1. The highest BCUT2D eigenvalue weighted by Crippen LogP contribution is 2.33.